The van der Waals surface area contributed by atoms with Crippen molar-refractivity contribution in [1.82, 2.24) is 10.2 Å². The van der Waals surface area contributed by atoms with Crippen LogP contribution in [0.4, 0.5) is 0 Å². The van der Waals surface area contributed by atoms with E-state index in [2.05, 4.69) is 24.1 Å². The van der Waals surface area contributed by atoms with Crippen molar-refractivity contribution in [3.05, 3.63) is 0 Å². The summed E-state index contributed by atoms with van der Waals surface area (Å²) in [4.78, 5) is 14.7. The molecule has 0 amide bonds. The first-order chi connectivity index (χ1) is 10.1. The van der Waals surface area contributed by atoms with E-state index in [0.717, 1.165) is 38.9 Å². The molecule has 2 saturated heterocycles. The monoisotopic (exact) mass is 298 g/mol. The van der Waals surface area contributed by atoms with Crippen LogP contribution < -0.4 is 5.32 Å². The number of nitrogens with one attached hydrogen (secondary N) is 1. The van der Waals surface area contributed by atoms with Crippen LogP contribution in [0.25, 0.3) is 0 Å². The molecule has 0 saturated carbocycles. The standard InChI is InChI=1S/C16H30N2O3/c1-4-18-8-5-14(13(2)11-18)17-12-16(15(19)20-3)6-9-21-10-7-16/h13-14,17H,4-12H2,1-3H3/t13-,14-/m1/s1. The minimum Gasteiger partial charge on any atom is -0.469 e. The van der Waals surface area contributed by atoms with E-state index in [1.807, 2.05) is 0 Å². The van der Waals surface area contributed by atoms with Crippen molar-refractivity contribution >= 4 is 5.97 Å². The van der Waals surface area contributed by atoms with Gasteiger partial charge in [0.25, 0.3) is 0 Å². The van der Waals surface area contributed by atoms with Gasteiger partial charge in [-0.3, -0.25) is 4.79 Å². The van der Waals surface area contributed by atoms with Crippen LogP contribution in [-0.4, -0.2) is 63.4 Å². The normalized spacial score (nSPS) is 30.0. The summed E-state index contributed by atoms with van der Waals surface area (Å²) in [5.41, 5.74) is -0.394. The Morgan fingerprint density at radius 2 is 2.14 bits per heavy atom. The first-order valence-electron chi connectivity index (χ1n) is 8.23. The minimum atomic E-state index is -0.394. The van der Waals surface area contributed by atoms with Gasteiger partial charge in [-0.2, -0.15) is 0 Å². The summed E-state index contributed by atoms with van der Waals surface area (Å²) in [5, 5.41) is 3.66. The first kappa shape index (κ1) is 16.7. The molecular weight excluding hydrogens is 268 g/mol. The fourth-order valence-electron chi connectivity index (χ4n) is 3.58. The molecule has 2 heterocycles. The lowest BCUT2D eigenvalue weighted by Gasteiger charge is -2.40. The Morgan fingerprint density at radius 3 is 2.71 bits per heavy atom. The highest BCUT2D eigenvalue weighted by Gasteiger charge is 2.41. The van der Waals surface area contributed by atoms with E-state index < -0.39 is 5.41 Å². The second-order valence-corrected chi connectivity index (χ2v) is 6.53. The van der Waals surface area contributed by atoms with Crippen molar-refractivity contribution < 1.29 is 14.3 Å². The third-order valence-electron chi connectivity index (χ3n) is 5.21. The van der Waals surface area contributed by atoms with Crippen LogP contribution in [0, 0.1) is 11.3 Å². The lowest BCUT2D eigenvalue weighted by Crippen LogP contribution is -2.53. The number of nitrogens with zero attached hydrogens (tertiary/aromatic N) is 1. The molecule has 2 aliphatic rings. The summed E-state index contributed by atoms with van der Waals surface area (Å²) in [5.74, 6) is 0.533. The highest BCUT2D eigenvalue weighted by atomic mass is 16.5. The van der Waals surface area contributed by atoms with E-state index >= 15 is 0 Å². The van der Waals surface area contributed by atoms with Crippen molar-refractivity contribution in [3.8, 4) is 0 Å². The van der Waals surface area contributed by atoms with E-state index in [1.54, 1.807) is 0 Å². The number of carbonyl (C=O) groups excluding carboxylic acids is 1. The summed E-state index contributed by atoms with van der Waals surface area (Å²) >= 11 is 0. The van der Waals surface area contributed by atoms with E-state index in [1.165, 1.54) is 7.11 Å². The summed E-state index contributed by atoms with van der Waals surface area (Å²) in [6.07, 6.45) is 2.67. The van der Waals surface area contributed by atoms with Crippen molar-refractivity contribution in [2.75, 3.05) is 46.5 Å². The smallest absolute Gasteiger partial charge is 0.313 e. The average molecular weight is 298 g/mol. The van der Waals surface area contributed by atoms with E-state index in [-0.39, 0.29) is 5.97 Å². The van der Waals surface area contributed by atoms with Crippen LogP contribution >= 0.6 is 0 Å². The lowest BCUT2D eigenvalue weighted by molar-refractivity contribution is -0.158. The van der Waals surface area contributed by atoms with Gasteiger partial charge in [0.15, 0.2) is 0 Å². The van der Waals surface area contributed by atoms with E-state index in [4.69, 9.17) is 9.47 Å². The number of ether oxygens (including phenoxy) is 2. The van der Waals surface area contributed by atoms with Gasteiger partial charge in [-0.25, -0.2) is 0 Å². The van der Waals surface area contributed by atoms with Gasteiger partial charge < -0.3 is 19.7 Å². The Bertz CT molecular complexity index is 342. The molecule has 0 aliphatic carbocycles. The Balaban J connectivity index is 1.91. The Kier molecular flexibility index (Phi) is 6.02. The van der Waals surface area contributed by atoms with Gasteiger partial charge in [0.05, 0.1) is 12.5 Å². The maximum atomic E-state index is 12.2. The molecular formula is C16H30N2O3. The van der Waals surface area contributed by atoms with Gasteiger partial charge in [-0.15, -0.1) is 0 Å². The molecule has 0 radical (unpaired) electrons. The summed E-state index contributed by atoms with van der Waals surface area (Å²) in [6, 6.07) is 0.497. The third kappa shape index (κ3) is 3.96. The molecule has 5 heteroatoms. The predicted octanol–water partition coefficient (Wildman–Crippen LogP) is 1.28. The zero-order valence-corrected chi connectivity index (χ0v) is 13.7. The Hall–Kier alpha value is -0.650. The van der Waals surface area contributed by atoms with E-state index in [0.29, 0.717) is 31.7 Å². The van der Waals surface area contributed by atoms with Crippen LogP contribution in [0.15, 0.2) is 0 Å². The number of rotatable bonds is 5. The van der Waals surface area contributed by atoms with Gasteiger partial charge in [0.2, 0.25) is 0 Å². The number of methoxy groups -OCH3 is 1. The Morgan fingerprint density at radius 1 is 1.43 bits per heavy atom. The SMILES string of the molecule is CCN1CC[C@@H](NCC2(C(=O)OC)CCOCC2)[C@H](C)C1. The number of hydrogen-bond donors (Lipinski definition) is 1. The molecule has 0 bridgehead atoms. The van der Waals surface area contributed by atoms with Gasteiger partial charge in [-0.05, 0) is 38.3 Å². The van der Waals surface area contributed by atoms with Crippen LogP contribution in [-0.2, 0) is 14.3 Å². The molecule has 2 fully saturated rings. The fraction of sp³-hybridized carbons (Fsp3) is 0.938. The van der Waals surface area contributed by atoms with Crippen molar-refractivity contribution in [1.29, 1.82) is 0 Å². The molecule has 0 unspecified atom stereocenters. The maximum absolute atomic E-state index is 12.2. The molecule has 0 aromatic heterocycles. The van der Waals surface area contributed by atoms with Crippen molar-refractivity contribution in [3.63, 3.8) is 0 Å². The number of hydrogen-bond acceptors (Lipinski definition) is 5. The van der Waals surface area contributed by atoms with Crippen molar-refractivity contribution in [2.24, 2.45) is 11.3 Å². The quantitative estimate of drug-likeness (QED) is 0.775. The van der Waals surface area contributed by atoms with Crippen molar-refractivity contribution in [2.45, 2.75) is 39.2 Å². The molecule has 2 aliphatic heterocycles. The second kappa shape index (κ2) is 7.56. The highest BCUT2D eigenvalue weighted by molar-refractivity contribution is 5.77. The average Bonchev–Trinajstić information content (AvgIpc) is 2.53. The van der Waals surface area contributed by atoms with Crippen LogP contribution in [0.1, 0.15) is 33.1 Å². The van der Waals surface area contributed by atoms with Crippen LogP contribution in [0.5, 0.6) is 0 Å². The highest BCUT2D eigenvalue weighted by Crippen LogP contribution is 2.32. The van der Waals surface area contributed by atoms with Gasteiger partial charge >= 0.3 is 5.97 Å². The molecule has 2 rings (SSSR count). The van der Waals surface area contributed by atoms with E-state index in [9.17, 15) is 4.79 Å². The molecule has 2 atom stereocenters. The molecule has 0 aromatic rings. The first-order valence-corrected chi connectivity index (χ1v) is 8.23. The summed E-state index contributed by atoms with van der Waals surface area (Å²) < 4.78 is 10.5. The molecule has 0 spiro atoms. The number of carbonyl (C=O) groups is 1. The largest absolute Gasteiger partial charge is 0.469 e. The number of piperidine rings is 1. The molecule has 21 heavy (non-hydrogen) atoms. The maximum Gasteiger partial charge on any atom is 0.313 e. The lowest BCUT2D eigenvalue weighted by atomic mass is 9.79. The van der Waals surface area contributed by atoms with Gasteiger partial charge in [0.1, 0.15) is 0 Å². The Labute approximate surface area is 128 Å². The molecule has 0 aromatic carbocycles. The number of likely N-dealkylation sites (tertiary alicyclic amines) is 1. The minimum absolute atomic E-state index is 0.0862. The van der Waals surface area contributed by atoms with Crippen LogP contribution in [0.3, 0.4) is 0 Å². The summed E-state index contributed by atoms with van der Waals surface area (Å²) in [6.45, 7) is 9.95. The van der Waals surface area contributed by atoms with Crippen LogP contribution in [0.2, 0.25) is 0 Å². The fourth-order valence-corrected chi connectivity index (χ4v) is 3.58. The van der Waals surface area contributed by atoms with Gasteiger partial charge in [0, 0.05) is 32.3 Å². The summed E-state index contributed by atoms with van der Waals surface area (Å²) in [7, 11) is 1.49. The topological polar surface area (TPSA) is 50.8 Å². The molecule has 1 N–H and O–H groups in total. The molecule has 122 valence electrons. The zero-order chi connectivity index (χ0) is 15.3. The third-order valence-corrected chi connectivity index (χ3v) is 5.21. The number of esters is 1. The second-order valence-electron chi connectivity index (χ2n) is 6.53. The predicted molar refractivity (Wildman–Crippen MR) is 82.2 cm³/mol. The zero-order valence-electron chi connectivity index (χ0n) is 13.7. The molecule has 5 nitrogen and oxygen atoms in total. The van der Waals surface area contributed by atoms with Gasteiger partial charge in [-0.1, -0.05) is 13.8 Å².